The largest absolute Gasteiger partial charge is 0.317 e. The summed E-state index contributed by atoms with van der Waals surface area (Å²) < 4.78 is 1.82. The highest BCUT2D eigenvalue weighted by Gasteiger charge is 2.06. The Kier molecular flexibility index (Phi) is 3.54. The minimum absolute atomic E-state index is 0.415. The third-order valence-corrected chi connectivity index (χ3v) is 2.85. The molecule has 1 aromatic carbocycles. The maximum absolute atomic E-state index is 4.18. The Bertz CT molecular complexity index is 472. The van der Waals surface area contributed by atoms with E-state index in [4.69, 9.17) is 0 Å². The summed E-state index contributed by atoms with van der Waals surface area (Å²) in [5.74, 6) is 0. The highest BCUT2D eigenvalue weighted by atomic mass is 15.4. The van der Waals surface area contributed by atoms with Gasteiger partial charge in [-0.1, -0.05) is 22.9 Å². The summed E-state index contributed by atoms with van der Waals surface area (Å²) in [7, 11) is 1.95. The molecule has 0 aliphatic rings. The van der Waals surface area contributed by atoms with Gasteiger partial charge in [0.25, 0.3) is 0 Å². The molecule has 0 aliphatic carbocycles. The van der Waals surface area contributed by atoms with Crippen LogP contribution in [0.25, 0.3) is 5.69 Å². The highest BCUT2D eigenvalue weighted by Crippen LogP contribution is 2.09. The molecule has 2 rings (SSSR count). The molecule has 0 spiro atoms. The Morgan fingerprint density at radius 3 is 2.65 bits per heavy atom. The van der Waals surface area contributed by atoms with Crippen molar-refractivity contribution >= 4 is 0 Å². The van der Waals surface area contributed by atoms with Gasteiger partial charge in [0.05, 0.1) is 17.6 Å². The normalized spacial score (nSPS) is 12.6. The summed E-state index contributed by atoms with van der Waals surface area (Å²) in [5, 5.41) is 11.5. The number of hydrogen-bond acceptors (Lipinski definition) is 3. The van der Waals surface area contributed by atoms with E-state index in [-0.39, 0.29) is 0 Å². The van der Waals surface area contributed by atoms with Crippen molar-refractivity contribution in [1.82, 2.24) is 20.3 Å². The lowest BCUT2D eigenvalue weighted by Crippen LogP contribution is -2.23. The van der Waals surface area contributed by atoms with Gasteiger partial charge in [-0.2, -0.15) is 0 Å². The first kappa shape index (κ1) is 11.8. The maximum atomic E-state index is 4.18. The summed E-state index contributed by atoms with van der Waals surface area (Å²) in [4.78, 5) is 0. The molecule has 1 N–H and O–H groups in total. The van der Waals surface area contributed by atoms with Gasteiger partial charge in [0.2, 0.25) is 0 Å². The van der Waals surface area contributed by atoms with Gasteiger partial charge < -0.3 is 5.32 Å². The molecule has 0 bridgehead atoms. The molecular formula is C13H18N4. The number of benzene rings is 1. The summed E-state index contributed by atoms with van der Waals surface area (Å²) in [6, 6.07) is 8.67. The van der Waals surface area contributed by atoms with E-state index in [2.05, 4.69) is 53.7 Å². The summed E-state index contributed by atoms with van der Waals surface area (Å²) in [5.41, 5.74) is 3.30. The molecule has 17 heavy (non-hydrogen) atoms. The van der Waals surface area contributed by atoms with E-state index < -0.39 is 0 Å². The Morgan fingerprint density at radius 1 is 1.29 bits per heavy atom. The lowest BCUT2D eigenvalue weighted by atomic mass is 10.2. The molecule has 1 aromatic heterocycles. The monoisotopic (exact) mass is 230 g/mol. The van der Waals surface area contributed by atoms with Gasteiger partial charge >= 0.3 is 0 Å². The predicted molar refractivity (Wildman–Crippen MR) is 68.3 cm³/mol. The van der Waals surface area contributed by atoms with E-state index >= 15 is 0 Å². The predicted octanol–water partition coefficient (Wildman–Crippen LogP) is 1.73. The van der Waals surface area contributed by atoms with Crippen LogP contribution in [0.3, 0.4) is 0 Å². The topological polar surface area (TPSA) is 42.7 Å². The van der Waals surface area contributed by atoms with Gasteiger partial charge in [-0.25, -0.2) is 4.68 Å². The van der Waals surface area contributed by atoms with E-state index in [0.29, 0.717) is 6.04 Å². The van der Waals surface area contributed by atoms with Crippen LogP contribution < -0.4 is 5.32 Å². The minimum atomic E-state index is 0.415. The first-order valence-corrected chi connectivity index (χ1v) is 5.84. The Morgan fingerprint density at radius 2 is 2.00 bits per heavy atom. The van der Waals surface area contributed by atoms with Crippen molar-refractivity contribution in [3.8, 4) is 5.69 Å². The number of aryl methyl sites for hydroxylation is 1. The van der Waals surface area contributed by atoms with E-state index in [1.807, 2.05) is 17.9 Å². The molecule has 1 unspecified atom stereocenters. The molecule has 2 aromatic rings. The number of nitrogens with zero attached hydrogens (tertiary/aromatic N) is 3. The number of likely N-dealkylation sites (N-methyl/N-ethyl adjacent to an activating group) is 1. The SMILES string of the molecule is CNC(C)Cc1cn(-c2ccc(C)cc2)nn1. The Labute approximate surface area is 102 Å². The molecule has 0 amide bonds. The van der Waals surface area contributed by atoms with Gasteiger partial charge in [-0.05, 0) is 33.0 Å². The molecule has 0 saturated heterocycles. The minimum Gasteiger partial charge on any atom is -0.317 e. The van der Waals surface area contributed by atoms with Crippen molar-refractivity contribution < 1.29 is 0 Å². The van der Waals surface area contributed by atoms with Crippen LogP contribution in [-0.2, 0) is 6.42 Å². The molecule has 0 aliphatic heterocycles. The number of nitrogens with one attached hydrogen (secondary N) is 1. The Balaban J connectivity index is 2.15. The summed E-state index contributed by atoms with van der Waals surface area (Å²) in [6.45, 7) is 4.20. The van der Waals surface area contributed by atoms with E-state index in [0.717, 1.165) is 17.8 Å². The van der Waals surface area contributed by atoms with Crippen LogP contribution in [0.15, 0.2) is 30.5 Å². The van der Waals surface area contributed by atoms with Crippen molar-refractivity contribution in [1.29, 1.82) is 0 Å². The maximum Gasteiger partial charge on any atom is 0.0847 e. The van der Waals surface area contributed by atoms with E-state index in [1.54, 1.807) is 0 Å². The molecule has 1 heterocycles. The molecule has 0 radical (unpaired) electrons. The van der Waals surface area contributed by atoms with Crippen LogP contribution in [0.1, 0.15) is 18.2 Å². The standard InChI is InChI=1S/C13H18N4/c1-10-4-6-13(7-5-10)17-9-12(15-16-17)8-11(2)14-3/h4-7,9,11,14H,8H2,1-3H3. The van der Waals surface area contributed by atoms with E-state index in [1.165, 1.54) is 5.56 Å². The fourth-order valence-corrected chi connectivity index (χ4v) is 1.63. The third kappa shape index (κ3) is 2.91. The fraction of sp³-hybridized carbons (Fsp3) is 0.385. The number of aromatic nitrogens is 3. The fourth-order valence-electron chi connectivity index (χ4n) is 1.63. The van der Waals surface area contributed by atoms with Crippen molar-refractivity contribution in [2.24, 2.45) is 0 Å². The molecule has 90 valence electrons. The second-order valence-corrected chi connectivity index (χ2v) is 4.38. The van der Waals surface area contributed by atoms with Crippen molar-refractivity contribution in [2.45, 2.75) is 26.3 Å². The average molecular weight is 230 g/mol. The lowest BCUT2D eigenvalue weighted by Gasteiger charge is -2.05. The third-order valence-electron chi connectivity index (χ3n) is 2.85. The second-order valence-electron chi connectivity index (χ2n) is 4.38. The molecule has 1 atom stereocenters. The number of rotatable bonds is 4. The van der Waals surface area contributed by atoms with Crippen LogP contribution in [0.5, 0.6) is 0 Å². The van der Waals surface area contributed by atoms with Gasteiger partial charge in [0.15, 0.2) is 0 Å². The number of hydrogen-bond donors (Lipinski definition) is 1. The zero-order valence-corrected chi connectivity index (χ0v) is 10.5. The molecule has 4 heteroatoms. The smallest absolute Gasteiger partial charge is 0.0847 e. The lowest BCUT2D eigenvalue weighted by molar-refractivity contribution is 0.599. The van der Waals surface area contributed by atoms with Crippen LogP contribution >= 0.6 is 0 Å². The zero-order valence-electron chi connectivity index (χ0n) is 10.5. The average Bonchev–Trinajstić information content (AvgIpc) is 2.78. The zero-order chi connectivity index (χ0) is 12.3. The molecule has 4 nitrogen and oxygen atoms in total. The second kappa shape index (κ2) is 5.10. The van der Waals surface area contributed by atoms with Gasteiger partial charge in [0, 0.05) is 12.5 Å². The first-order chi connectivity index (χ1) is 8.19. The van der Waals surface area contributed by atoms with Crippen molar-refractivity contribution in [2.75, 3.05) is 7.05 Å². The molecule has 0 saturated carbocycles. The van der Waals surface area contributed by atoms with E-state index in [9.17, 15) is 0 Å². The van der Waals surface area contributed by atoms with Gasteiger partial charge in [-0.15, -0.1) is 5.10 Å². The van der Waals surface area contributed by atoms with Crippen molar-refractivity contribution in [3.63, 3.8) is 0 Å². The van der Waals surface area contributed by atoms with Gasteiger partial charge in [0.1, 0.15) is 0 Å². The highest BCUT2D eigenvalue weighted by molar-refractivity contribution is 5.33. The summed E-state index contributed by atoms with van der Waals surface area (Å²) >= 11 is 0. The van der Waals surface area contributed by atoms with Crippen molar-refractivity contribution in [3.05, 3.63) is 41.7 Å². The Hall–Kier alpha value is -1.68. The molecule has 0 fully saturated rings. The van der Waals surface area contributed by atoms with Crippen LogP contribution in [-0.4, -0.2) is 28.1 Å². The first-order valence-electron chi connectivity index (χ1n) is 5.84. The summed E-state index contributed by atoms with van der Waals surface area (Å²) in [6.07, 6.45) is 2.88. The van der Waals surface area contributed by atoms with Crippen LogP contribution in [0, 0.1) is 6.92 Å². The van der Waals surface area contributed by atoms with Crippen LogP contribution in [0.4, 0.5) is 0 Å². The quantitative estimate of drug-likeness (QED) is 0.869. The molecular weight excluding hydrogens is 212 g/mol. The van der Waals surface area contributed by atoms with Gasteiger partial charge in [-0.3, -0.25) is 0 Å². The van der Waals surface area contributed by atoms with Crippen LogP contribution in [0.2, 0.25) is 0 Å².